The van der Waals surface area contributed by atoms with Gasteiger partial charge in [0, 0.05) is 13.1 Å². The fourth-order valence-electron chi connectivity index (χ4n) is 3.19. The molecule has 0 spiro atoms. The van der Waals surface area contributed by atoms with E-state index in [1.807, 2.05) is 4.90 Å². The number of benzene rings is 1. The van der Waals surface area contributed by atoms with Crippen LogP contribution in [0.5, 0.6) is 17.2 Å². The van der Waals surface area contributed by atoms with Gasteiger partial charge in [-0.2, -0.15) is 0 Å². The maximum Gasteiger partial charge on any atom is 0.257 e. The van der Waals surface area contributed by atoms with E-state index in [4.69, 9.17) is 14.2 Å². The Labute approximate surface area is 136 Å². The second-order valence-electron chi connectivity index (χ2n) is 5.88. The van der Waals surface area contributed by atoms with Gasteiger partial charge in [-0.05, 0) is 37.8 Å². The van der Waals surface area contributed by atoms with Crippen LogP contribution < -0.4 is 14.2 Å². The first-order valence-corrected chi connectivity index (χ1v) is 7.97. The van der Waals surface area contributed by atoms with E-state index in [2.05, 4.69) is 0 Å². The van der Waals surface area contributed by atoms with Crippen molar-refractivity contribution >= 4 is 5.91 Å². The summed E-state index contributed by atoms with van der Waals surface area (Å²) in [6, 6.07) is 3.49. The Kier molecular flexibility index (Phi) is 4.46. The number of hydrogen-bond acceptors (Lipinski definition) is 4. The van der Waals surface area contributed by atoms with E-state index in [1.54, 1.807) is 44.6 Å². The SMILES string of the molecule is COc1ccc(C(=O)N2CCC(=C3CC3)CC2)c(OC)c1OC. The van der Waals surface area contributed by atoms with Crippen LogP contribution in [0.2, 0.25) is 0 Å². The minimum atomic E-state index is -0.0114. The molecule has 124 valence electrons. The third-order valence-corrected chi connectivity index (χ3v) is 4.59. The molecular weight excluding hydrogens is 294 g/mol. The number of ether oxygens (including phenoxy) is 3. The maximum absolute atomic E-state index is 12.9. The molecule has 2 fully saturated rings. The van der Waals surface area contributed by atoms with Crippen molar-refractivity contribution in [1.82, 2.24) is 4.90 Å². The minimum absolute atomic E-state index is 0.0114. The molecule has 0 bridgehead atoms. The molecule has 0 aromatic heterocycles. The molecule has 1 saturated heterocycles. The summed E-state index contributed by atoms with van der Waals surface area (Å²) >= 11 is 0. The molecule has 5 nitrogen and oxygen atoms in total. The van der Waals surface area contributed by atoms with Gasteiger partial charge in [-0.3, -0.25) is 4.79 Å². The first kappa shape index (κ1) is 15.7. The number of methoxy groups -OCH3 is 3. The van der Waals surface area contributed by atoms with Crippen LogP contribution in [0.4, 0.5) is 0 Å². The molecule has 0 radical (unpaired) electrons. The monoisotopic (exact) mass is 317 g/mol. The van der Waals surface area contributed by atoms with Gasteiger partial charge in [0.2, 0.25) is 5.75 Å². The molecule has 0 N–H and O–H groups in total. The molecule has 1 aliphatic carbocycles. The average Bonchev–Trinajstić information content (AvgIpc) is 3.44. The van der Waals surface area contributed by atoms with Crippen molar-refractivity contribution in [3.05, 3.63) is 28.8 Å². The number of allylic oxidation sites excluding steroid dienone is 1. The second-order valence-corrected chi connectivity index (χ2v) is 5.88. The minimum Gasteiger partial charge on any atom is -0.493 e. The zero-order valence-electron chi connectivity index (χ0n) is 14.0. The van der Waals surface area contributed by atoms with E-state index >= 15 is 0 Å². The molecule has 1 amide bonds. The first-order valence-electron chi connectivity index (χ1n) is 7.97. The Hall–Kier alpha value is -2.17. The van der Waals surface area contributed by atoms with Crippen molar-refractivity contribution in [2.45, 2.75) is 25.7 Å². The Morgan fingerprint density at radius 2 is 1.48 bits per heavy atom. The van der Waals surface area contributed by atoms with Crippen LogP contribution >= 0.6 is 0 Å². The quantitative estimate of drug-likeness (QED) is 0.801. The lowest BCUT2D eigenvalue weighted by Crippen LogP contribution is -2.36. The average molecular weight is 317 g/mol. The molecule has 2 aliphatic rings. The van der Waals surface area contributed by atoms with Crippen molar-refractivity contribution in [3.8, 4) is 17.2 Å². The molecule has 1 heterocycles. The topological polar surface area (TPSA) is 48.0 Å². The van der Waals surface area contributed by atoms with Gasteiger partial charge in [0.25, 0.3) is 5.91 Å². The van der Waals surface area contributed by atoms with Crippen molar-refractivity contribution in [2.75, 3.05) is 34.4 Å². The fraction of sp³-hybridized carbons (Fsp3) is 0.500. The Bertz CT molecular complexity index is 635. The summed E-state index contributed by atoms with van der Waals surface area (Å²) in [5.74, 6) is 1.43. The van der Waals surface area contributed by atoms with E-state index in [1.165, 1.54) is 12.8 Å². The summed E-state index contributed by atoms with van der Waals surface area (Å²) in [5, 5.41) is 0. The van der Waals surface area contributed by atoms with Crippen molar-refractivity contribution < 1.29 is 19.0 Å². The Balaban J connectivity index is 1.83. The lowest BCUT2D eigenvalue weighted by atomic mass is 10.0. The molecule has 1 aliphatic heterocycles. The highest BCUT2D eigenvalue weighted by Gasteiger charge is 2.28. The van der Waals surface area contributed by atoms with Gasteiger partial charge in [0.05, 0.1) is 26.9 Å². The summed E-state index contributed by atoms with van der Waals surface area (Å²) in [6.07, 6.45) is 4.51. The highest BCUT2D eigenvalue weighted by Crippen LogP contribution is 2.41. The zero-order chi connectivity index (χ0) is 16.4. The van der Waals surface area contributed by atoms with E-state index in [9.17, 15) is 4.79 Å². The number of amides is 1. The highest BCUT2D eigenvalue weighted by atomic mass is 16.5. The summed E-state index contributed by atoms with van der Waals surface area (Å²) in [5.41, 5.74) is 3.70. The smallest absolute Gasteiger partial charge is 0.257 e. The number of hydrogen-bond donors (Lipinski definition) is 0. The Morgan fingerprint density at radius 1 is 0.870 bits per heavy atom. The molecule has 23 heavy (non-hydrogen) atoms. The molecule has 1 aromatic rings. The summed E-state index contributed by atoms with van der Waals surface area (Å²) in [6.45, 7) is 1.55. The van der Waals surface area contributed by atoms with Gasteiger partial charge < -0.3 is 19.1 Å². The predicted octanol–water partition coefficient (Wildman–Crippen LogP) is 3.04. The van der Waals surface area contributed by atoms with Crippen LogP contribution in [0.3, 0.4) is 0 Å². The summed E-state index contributed by atoms with van der Waals surface area (Å²) in [4.78, 5) is 14.8. The molecule has 5 heteroatoms. The van der Waals surface area contributed by atoms with Crippen molar-refractivity contribution in [2.24, 2.45) is 0 Å². The number of rotatable bonds is 4. The van der Waals surface area contributed by atoms with Gasteiger partial charge in [-0.25, -0.2) is 0 Å². The van der Waals surface area contributed by atoms with E-state index < -0.39 is 0 Å². The van der Waals surface area contributed by atoms with Gasteiger partial charge in [0.1, 0.15) is 0 Å². The molecule has 1 saturated carbocycles. The van der Waals surface area contributed by atoms with Crippen LogP contribution in [0.25, 0.3) is 0 Å². The van der Waals surface area contributed by atoms with Crippen LogP contribution in [0, 0.1) is 0 Å². The predicted molar refractivity (Wildman–Crippen MR) is 87.5 cm³/mol. The first-order chi connectivity index (χ1) is 11.2. The van der Waals surface area contributed by atoms with Gasteiger partial charge in [-0.1, -0.05) is 11.1 Å². The number of carbonyl (C=O) groups is 1. The number of piperidine rings is 1. The maximum atomic E-state index is 12.9. The number of nitrogens with zero attached hydrogens (tertiary/aromatic N) is 1. The summed E-state index contributed by atoms with van der Waals surface area (Å²) < 4.78 is 16.1. The fourth-order valence-corrected chi connectivity index (χ4v) is 3.19. The molecule has 0 atom stereocenters. The zero-order valence-corrected chi connectivity index (χ0v) is 14.0. The van der Waals surface area contributed by atoms with Crippen LogP contribution in [0.15, 0.2) is 23.3 Å². The lowest BCUT2D eigenvalue weighted by Gasteiger charge is -2.29. The molecule has 3 rings (SSSR count). The van der Waals surface area contributed by atoms with E-state index in [0.29, 0.717) is 22.8 Å². The number of carbonyl (C=O) groups excluding carboxylic acids is 1. The molecule has 1 aromatic carbocycles. The van der Waals surface area contributed by atoms with Crippen LogP contribution in [-0.4, -0.2) is 45.2 Å². The van der Waals surface area contributed by atoms with Gasteiger partial charge >= 0.3 is 0 Å². The molecular formula is C18H23NO4. The largest absolute Gasteiger partial charge is 0.493 e. The van der Waals surface area contributed by atoms with Gasteiger partial charge in [-0.15, -0.1) is 0 Å². The van der Waals surface area contributed by atoms with Crippen molar-refractivity contribution in [3.63, 3.8) is 0 Å². The third-order valence-electron chi connectivity index (χ3n) is 4.59. The van der Waals surface area contributed by atoms with Gasteiger partial charge in [0.15, 0.2) is 11.5 Å². The van der Waals surface area contributed by atoms with Crippen LogP contribution in [0.1, 0.15) is 36.0 Å². The lowest BCUT2D eigenvalue weighted by molar-refractivity contribution is 0.0739. The summed E-state index contributed by atoms with van der Waals surface area (Å²) in [7, 11) is 4.65. The highest BCUT2D eigenvalue weighted by molar-refractivity contribution is 5.98. The standard InChI is InChI=1S/C18H23NO4/c1-21-15-7-6-14(16(22-2)17(15)23-3)18(20)19-10-8-13(9-11-19)12-4-5-12/h6-7H,4-5,8-11H2,1-3H3. The van der Waals surface area contributed by atoms with E-state index in [0.717, 1.165) is 25.9 Å². The second kappa shape index (κ2) is 6.52. The van der Waals surface area contributed by atoms with E-state index in [-0.39, 0.29) is 5.91 Å². The normalized spacial score (nSPS) is 17.1. The van der Waals surface area contributed by atoms with Crippen LogP contribution in [-0.2, 0) is 0 Å². The third kappa shape index (κ3) is 3.00. The Morgan fingerprint density at radius 3 is 2.00 bits per heavy atom. The molecule has 0 unspecified atom stereocenters. The number of likely N-dealkylation sites (tertiary alicyclic amines) is 1. The van der Waals surface area contributed by atoms with Crippen molar-refractivity contribution in [1.29, 1.82) is 0 Å².